The van der Waals surface area contributed by atoms with Gasteiger partial charge in [0, 0.05) is 11.1 Å². The zero-order valence-corrected chi connectivity index (χ0v) is 10.3. The van der Waals surface area contributed by atoms with Crippen molar-refractivity contribution in [2.75, 3.05) is 0 Å². The number of rotatable bonds is 3. The van der Waals surface area contributed by atoms with Crippen LogP contribution in [0.1, 0.15) is 16.1 Å². The molecule has 0 radical (unpaired) electrons. The summed E-state index contributed by atoms with van der Waals surface area (Å²) in [5, 5.41) is 1.61. The summed E-state index contributed by atoms with van der Waals surface area (Å²) in [7, 11) is 0. The molecule has 1 aromatic heterocycles. The molecule has 0 saturated carbocycles. The van der Waals surface area contributed by atoms with Gasteiger partial charge in [-0.15, -0.1) is 0 Å². The van der Waals surface area contributed by atoms with E-state index in [2.05, 4.69) is 0 Å². The van der Waals surface area contributed by atoms with E-state index in [1.165, 1.54) is 4.57 Å². The lowest BCUT2D eigenvalue weighted by atomic mass is 10.1. The molecule has 0 saturated heterocycles. The highest BCUT2D eigenvalue weighted by Gasteiger charge is 2.15. The number of nitrogens with zero attached hydrogens (tertiary/aromatic N) is 1. The number of carbonyl (C=O) groups excluding carboxylic acids is 1. The maximum Gasteiger partial charge on any atom is 0.307 e. The predicted molar refractivity (Wildman–Crippen MR) is 64.0 cm³/mol. The fourth-order valence-corrected chi connectivity index (χ4v) is 2.27. The average molecular weight is 269 g/mol. The molecule has 0 amide bonds. The molecule has 0 bridgehead atoms. The summed E-state index contributed by atoms with van der Waals surface area (Å²) in [5.74, 6) is -2.10. The second-order valence-corrected chi connectivity index (χ2v) is 4.60. The van der Waals surface area contributed by atoms with Gasteiger partial charge in [0.15, 0.2) is 5.78 Å². The number of Topliss-reactive ketones (excluding diaryl/α,β-unsaturated/α-hetero) is 1. The van der Waals surface area contributed by atoms with Crippen LogP contribution in [0.5, 0.6) is 0 Å². The number of aromatic nitrogens is 1. The van der Waals surface area contributed by atoms with E-state index in [4.69, 9.17) is 0 Å². The van der Waals surface area contributed by atoms with Crippen molar-refractivity contribution in [1.29, 1.82) is 0 Å². The molecule has 0 atom stereocenters. The van der Waals surface area contributed by atoms with Crippen LogP contribution in [0.25, 0.3) is 0 Å². The Morgan fingerprint density at radius 3 is 2.72 bits per heavy atom. The second kappa shape index (κ2) is 4.81. The third-order valence-corrected chi connectivity index (χ3v) is 3.39. The Hall–Kier alpha value is -1.82. The van der Waals surface area contributed by atoms with Crippen LogP contribution in [-0.4, -0.2) is 10.4 Å². The predicted octanol–water partition coefficient (Wildman–Crippen LogP) is 2.38. The first-order valence-corrected chi connectivity index (χ1v) is 6.00. The topological polar surface area (TPSA) is 39.1 Å². The normalized spacial score (nSPS) is 10.6. The zero-order valence-electron chi connectivity index (χ0n) is 9.44. The number of ketones is 1. The van der Waals surface area contributed by atoms with Gasteiger partial charge < -0.3 is 0 Å². The number of thiazole rings is 1. The number of hydrogen-bond acceptors (Lipinski definition) is 3. The Morgan fingerprint density at radius 2 is 2.11 bits per heavy atom. The zero-order chi connectivity index (χ0) is 13.3. The van der Waals surface area contributed by atoms with E-state index < -0.39 is 17.4 Å². The highest BCUT2D eigenvalue weighted by Crippen LogP contribution is 2.12. The minimum Gasteiger partial charge on any atom is -0.296 e. The van der Waals surface area contributed by atoms with Crippen molar-refractivity contribution in [1.82, 2.24) is 4.57 Å². The molecule has 1 heterocycles. The van der Waals surface area contributed by atoms with Crippen LogP contribution >= 0.6 is 11.3 Å². The van der Waals surface area contributed by atoms with Gasteiger partial charge in [-0.05, 0) is 25.1 Å². The Balaban J connectivity index is 2.33. The molecule has 94 valence electrons. The molecule has 0 spiro atoms. The quantitative estimate of drug-likeness (QED) is 0.802. The van der Waals surface area contributed by atoms with E-state index in [9.17, 15) is 18.4 Å². The summed E-state index contributed by atoms with van der Waals surface area (Å²) in [5.41, 5.74) is 0.280. The van der Waals surface area contributed by atoms with Crippen molar-refractivity contribution in [3.63, 3.8) is 0 Å². The molecule has 0 fully saturated rings. The van der Waals surface area contributed by atoms with E-state index >= 15 is 0 Å². The Kier molecular flexibility index (Phi) is 3.38. The second-order valence-electron chi connectivity index (χ2n) is 3.78. The molecule has 6 heteroatoms. The monoisotopic (exact) mass is 269 g/mol. The smallest absolute Gasteiger partial charge is 0.296 e. The van der Waals surface area contributed by atoms with Gasteiger partial charge in [0.2, 0.25) is 0 Å². The summed E-state index contributed by atoms with van der Waals surface area (Å²) in [6.45, 7) is 1.39. The van der Waals surface area contributed by atoms with Crippen molar-refractivity contribution in [3.05, 3.63) is 56.1 Å². The molecule has 18 heavy (non-hydrogen) atoms. The first kappa shape index (κ1) is 12.6. The molecule has 0 aliphatic heterocycles. The van der Waals surface area contributed by atoms with Crippen LogP contribution in [-0.2, 0) is 6.54 Å². The molecular formula is C12H9F2NO2S. The summed E-state index contributed by atoms with van der Waals surface area (Å²) in [4.78, 5) is 23.0. The highest BCUT2D eigenvalue weighted by molar-refractivity contribution is 7.07. The lowest BCUT2D eigenvalue weighted by Crippen LogP contribution is -2.21. The molecule has 0 aliphatic carbocycles. The molecule has 3 nitrogen and oxygen atoms in total. The minimum absolute atomic E-state index is 0.283. The number of hydrogen-bond donors (Lipinski definition) is 0. The minimum atomic E-state index is -0.790. The van der Waals surface area contributed by atoms with Crippen LogP contribution in [0, 0.1) is 18.6 Å². The number of halogens is 2. The van der Waals surface area contributed by atoms with Gasteiger partial charge in [-0.1, -0.05) is 11.3 Å². The summed E-state index contributed by atoms with van der Waals surface area (Å²) in [6.07, 6.45) is 0. The summed E-state index contributed by atoms with van der Waals surface area (Å²) < 4.78 is 27.6. The Morgan fingerprint density at radius 1 is 1.39 bits per heavy atom. The third-order valence-electron chi connectivity index (χ3n) is 2.51. The lowest BCUT2D eigenvalue weighted by Gasteiger charge is -2.05. The maximum absolute atomic E-state index is 13.4. The molecule has 2 rings (SSSR count). The van der Waals surface area contributed by atoms with Crippen LogP contribution < -0.4 is 4.87 Å². The lowest BCUT2D eigenvalue weighted by molar-refractivity contribution is 0.0966. The van der Waals surface area contributed by atoms with Crippen molar-refractivity contribution >= 4 is 17.1 Å². The van der Waals surface area contributed by atoms with Crippen molar-refractivity contribution < 1.29 is 13.6 Å². The molecule has 0 unspecified atom stereocenters. The maximum atomic E-state index is 13.4. The van der Waals surface area contributed by atoms with Gasteiger partial charge in [0.25, 0.3) is 0 Å². The van der Waals surface area contributed by atoms with Gasteiger partial charge in [0.05, 0.1) is 12.1 Å². The molecule has 0 aliphatic rings. The third kappa shape index (κ3) is 2.38. The van der Waals surface area contributed by atoms with Gasteiger partial charge in [-0.2, -0.15) is 0 Å². The van der Waals surface area contributed by atoms with Gasteiger partial charge in [-0.3, -0.25) is 14.2 Å². The van der Waals surface area contributed by atoms with E-state index in [0.29, 0.717) is 5.69 Å². The molecule has 2 aromatic rings. The standard InChI is InChI=1S/C12H9F2NO2S/c1-7-6-18-12(17)15(7)5-11(16)9-4-8(13)2-3-10(9)14/h2-4,6H,5H2,1H3. The van der Waals surface area contributed by atoms with E-state index in [1.807, 2.05) is 0 Å². The molecular weight excluding hydrogens is 260 g/mol. The van der Waals surface area contributed by atoms with Crippen LogP contribution in [0.2, 0.25) is 0 Å². The van der Waals surface area contributed by atoms with Crippen LogP contribution in [0.4, 0.5) is 8.78 Å². The Bertz CT molecular complexity index is 660. The average Bonchev–Trinajstić information content (AvgIpc) is 2.64. The van der Waals surface area contributed by atoms with Crippen molar-refractivity contribution in [3.8, 4) is 0 Å². The van der Waals surface area contributed by atoms with E-state index in [-0.39, 0.29) is 17.0 Å². The Labute approximate surface area is 105 Å². The fraction of sp³-hybridized carbons (Fsp3) is 0.167. The molecule has 0 N–H and O–H groups in total. The van der Waals surface area contributed by atoms with Gasteiger partial charge in [0.1, 0.15) is 11.6 Å². The van der Waals surface area contributed by atoms with Crippen molar-refractivity contribution in [2.24, 2.45) is 0 Å². The molecule has 1 aromatic carbocycles. The number of carbonyl (C=O) groups is 1. The summed E-state index contributed by atoms with van der Waals surface area (Å²) >= 11 is 0.963. The van der Waals surface area contributed by atoms with Crippen LogP contribution in [0.15, 0.2) is 28.4 Å². The van der Waals surface area contributed by atoms with Gasteiger partial charge >= 0.3 is 4.87 Å². The van der Waals surface area contributed by atoms with Gasteiger partial charge in [-0.25, -0.2) is 8.78 Å². The van der Waals surface area contributed by atoms with Crippen molar-refractivity contribution in [2.45, 2.75) is 13.5 Å². The largest absolute Gasteiger partial charge is 0.307 e. The first-order valence-electron chi connectivity index (χ1n) is 5.12. The number of aryl methyl sites for hydroxylation is 1. The van der Waals surface area contributed by atoms with Crippen LogP contribution in [0.3, 0.4) is 0 Å². The fourth-order valence-electron chi connectivity index (χ4n) is 1.54. The highest BCUT2D eigenvalue weighted by atomic mass is 32.1. The van der Waals surface area contributed by atoms with E-state index in [1.54, 1.807) is 12.3 Å². The first-order chi connectivity index (χ1) is 8.49. The number of benzene rings is 1. The SMILES string of the molecule is Cc1csc(=O)n1CC(=O)c1cc(F)ccc1F. The van der Waals surface area contributed by atoms with E-state index in [0.717, 1.165) is 29.5 Å². The summed E-state index contributed by atoms with van der Waals surface area (Å²) in [6, 6.07) is 2.67.